The van der Waals surface area contributed by atoms with Crippen LogP contribution in [0.1, 0.15) is 26.7 Å². The predicted molar refractivity (Wildman–Crippen MR) is 59.9 cm³/mol. The van der Waals surface area contributed by atoms with Crippen molar-refractivity contribution >= 4 is 5.97 Å². The van der Waals surface area contributed by atoms with Crippen LogP contribution in [-0.2, 0) is 4.79 Å². The lowest BCUT2D eigenvalue weighted by atomic mass is 10.0. The van der Waals surface area contributed by atoms with Crippen molar-refractivity contribution in [2.75, 3.05) is 20.1 Å². The third kappa shape index (κ3) is 4.18. The number of nitrogens with one attached hydrogen (secondary N) is 1. The van der Waals surface area contributed by atoms with Gasteiger partial charge in [0.05, 0.1) is 5.92 Å². The summed E-state index contributed by atoms with van der Waals surface area (Å²) in [5.74, 6) is -1.05. The summed E-state index contributed by atoms with van der Waals surface area (Å²) in [6.45, 7) is 5.54. The Morgan fingerprint density at radius 2 is 2.13 bits per heavy atom. The van der Waals surface area contributed by atoms with Gasteiger partial charge in [-0.15, -0.1) is 0 Å². The van der Waals surface area contributed by atoms with Crippen LogP contribution in [0.5, 0.6) is 0 Å². The molecule has 1 saturated carbocycles. The van der Waals surface area contributed by atoms with E-state index in [4.69, 9.17) is 5.11 Å². The highest BCUT2D eigenvalue weighted by Crippen LogP contribution is 2.24. The molecule has 4 nitrogen and oxygen atoms in total. The van der Waals surface area contributed by atoms with E-state index in [-0.39, 0.29) is 12.0 Å². The fourth-order valence-electron chi connectivity index (χ4n) is 1.56. The average Bonchev–Trinajstić information content (AvgIpc) is 2.99. The van der Waals surface area contributed by atoms with Gasteiger partial charge in [0.2, 0.25) is 0 Å². The van der Waals surface area contributed by atoms with E-state index in [1.165, 1.54) is 12.8 Å². The predicted octanol–water partition coefficient (Wildman–Crippen LogP) is 0.779. The van der Waals surface area contributed by atoms with Gasteiger partial charge in [-0.2, -0.15) is 0 Å². The standard InChI is InChI=1S/C11H22N2O2/c1-8(11(14)15)9(2)12-6-7-13(3)10-4-5-10/h8-10,12H,4-7H2,1-3H3,(H,14,15). The maximum atomic E-state index is 10.7. The Hall–Kier alpha value is -0.610. The maximum Gasteiger partial charge on any atom is 0.307 e. The number of rotatable bonds is 7. The van der Waals surface area contributed by atoms with E-state index in [1.54, 1.807) is 6.92 Å². The van der Waals surface area contributed by atoms with Crippen LogP contribution < -0.4 is 5.32 Å². The molecule has 0 aromatic rings. The van der Waals surface area contributed by atoms with Gasteiger partial charge in [-0.3, -0.25) is 4.79 Å². The molecule has 0 bridgehead atoms. The van der Waals surface area contributed by atoms with Crippen LogP contribution in [0, 0.1) is 5.92 Å². The first-order valence-corrected chi connectivity index (χ1v) is 5.68. The molecule has 0 aromatic heterocycles. The van der Waals surface area contributed by atoms with Gasteiger partial charge < -0.3 is 15.3 Å². The summed E-state index contributed by atoms with van der Waals surface area (Å²) in [6, 6.07) is 0.814. The summed E-state index contributed by atoms with van der Waals surface area (Å²) >= 11 is 0. The number of aliphatic carboxylic acids is 1. The number of carboxylic acids is 1. The number of likely N-dealkylation sites (N-methyl/N-ethyl adjacent to an activating group) is 1. The van der Waals surface area contributed by atoms with Gasteiger partial charge in [-0.05, 0) is 26.8 Å². The summed E-state index contributed by atoms with van der Waals surface area (Å²) in [7, 11) is 2.13. The highest BCUT2D eigenvalue weighted by atomic mass is 16.4. The molecule has 2 N–H and O–H groups in total. The lowest BCUT2D eigenvalue weighted by Gasteiger charge is -2.21. The fraction of sp³-hybridized carbons (Fsp3) is 0.909. The molecule has 2 unspecified atom stereocenters. The van der Waals surface area contributed by atoms with Crippen LogP contribution in [0.3, 0.4) is 0 Å². The van der Waals surface area contributed by atoms with Crippen molar-refractivity contribution in [1.29, 1.82) is 0 Å². The van der Waals surface area contributed by atoms with E-state index in [0.29, 0.717) is 0 Å². The Bertz CT molecular complexity index is 217. The molecule has 1 rings (SSSR count). The van der Waals surface area contributed by atoms with Crippen molar-refractivity contribution in [2.45, 2.75) is 38.8 Å². The zero-order valence-corrected chi connectivity index (χ0v) is 9.86. The Labute approximate surface area is 91.6 Å². The molecule has 0 saturated heterocycles. The zero-order chi connectivity index (χ0) is 11.4. The van der Waals surface area contributed by atoms with E-state index in [2.05, 4.69) is 17.3 Å². The van der Waals surface area contributed by atoms with E-state index < -0.39 is 5.97 Å². The Morgan fingerprint density at radius 3 is 2.60 bits per heavy atom. The van der Waals surface area contributed by atoms with Crippen molar-refractivity contribution in [3.63, 3.8) is 0 Å². The second kappa shape index (κ2) is 5.47. The molecule has 88 valence electrons. The molecule has 2 atom stereocenters. The zero-order valence-electron chi connectivity index (χ0n) is 9.86. The highest BCUT2D eigenvalue weighted by molar-refractivity contribution is 5.70. The molecule has 0 spiro atoms. The Morgan fingerprint density at radius 1 is 1.53 bits per heavy atom. The molecule has 0 amide bonds. The number of hydrogen-bond acceptors (Lipinski definition) is 3. The van der Waals surface area contributed by atoms with Gasteiger partial charge in [-0.1, -0.05) is 6.92 Å². The van der Waals surface area contributed by atoms with Gasteiger partial charge in [0.15, 0.2) is 0 Å². The molecule has 1 aliphatic carbocycles. The van der Waals surface area contributed by atoms with Crippen LogP contribution in [0.15, 0.2) is 0 Å². The van der Waals surface area contributed by atoms with E-state index >= 15 is 0 Å². The maximum absolute atomic E-state index is 10.7. The third-order valence-electron chi connectivity index (χ3n) is 3.24. The van der Waals surface area contributed by atoms with Gasteiger partial charge in [0.25, 0.3) is 0 Å². The molecule has 1 aliphatic rings. The van der Waals surface area contributed by atoms with Gasteiger partial charge in [-0.25, -0.2) is 0 Å². The first-order valence-electron chi connectivity index (χ1n) is 5.68. The lowest BCUT2D eigenvalue weighted by molar-refractivity contribution is -0.141. The first kappa shape index (κ1) is 12.5. The second-order valence-corrected chi connectivity index (χ2v) is 4.58. The van der Waals surface area contributed by atoms with Crippen molar-refractivity contribution in [3.05, 3.63) is 0 Å². The molecule has 4 heteroatoms. The van der Waals surface area contributed by atoms with E-state index in [0.717, 1.165) is 19.1 Å². The number of nitrogens with zero attached hydrogens (tertiary/aromatic N) is 1. The lowest BCUT2D eigenvalue weighted by Crippen LogP contribution is -2.40. The van der Waals surface area contributed by atoms with Crippen LogP contribution in [-0.4, -0.2) is 48.2 Å². The SMILES string of the molecule is CC(NCCN(C)C1CC1)C(C)C(=O)O. The van der Waals surface area contributed by atoms with Crippen LogP contribution in [0.4, 0.5) is 0 Å². The minimum absolute atomic E-state index is 0.0371. The van der Waals surface area contributed by atoms with Gasteiger partial charge in [0.1, 0.15) is 0 Å². The number of hydrogen-bond donors (Lipinski definition) is 2. The summed E-state index contributed by atoms with van der Waals surface area (Å²) in [6.07, 6.45) is 2.63. The van der Waals surface area contributed by atoms with Crippen LogP contribution in [0.25, 0.3) is 0 Å². The summed E-state index contributed by atoms with van der Waals surface area (Å²) in [5, 5.41) is 12.1. The topological polar surface area (TPSA) is 52.6 Å². The normalized spacial score (nSPS) is 20.3. The highest BCUT2D eigenvalue weighted by Gasteiger charge is 2.25. The van der Waals surface area contributed by atoms with Crippen molar-refractivity contribution in [3.8, 4) is 0 Å². The quantitative estimate of drug-likeness (QED) is 0.657. The Kier molecular flexibility index (Phi) is 4.54. The summed E-state index contributed by atoms with van der Waals surface area (Å²) in [5.41, 5.74) is 0. The molecule has 0 aliphatic heterocycles. The number of carbonyl (C=O) groups is 1. The smallest absolute Gasteiger partial charge is 0.307 e. The largest absolute Gasteiger partial charge is 0.481 e. The van der Waals surface area contributed by atoms with Gasteiger partial charge in [0, 0.05) is 25.2 Å². The molecule has 1 fully saturated rings. The first-order chi connectivity index (χ1) is 7.02. The molecular formula is C11H22N2O2. The molecule has 0 heterocycles. The van der Waals surface area contributed by atoms with Crippen LogP contribution >= 0.6 is 0 Å². The summed E-state index contributed by atoms with van der Waals surface area (Å²) in [4.78, 5) is 13.0. The average molecular weight is 214 g/mol. The number of carboxylic acid groups (broad SMARTS) is 1. The third-order valence-corrected chi connectivity index (χ3v) is 3.24. The van der Waals surface area contributed by atoms with Crippen molar-refractivity contribution in [1.82, 2.24) is 10.2 Å². The fourth-order valence-corrected chi connectivity index (χ4v) is 1.56. The monoisotopic (exact) mass is 214 g/mol. The van der Waals surface area contributed by atoms with Gasteiger partial charge >= 0.3 is 5.97 Å². The van der Waals surface area contributed by atoms with Crippen LogP contribution in [0.2, 0.25) is 0 Å². The summed E-state index contributed by atoms with van der Waals surface area (Å²) < 4.78 is 0. The molecule has 15 heavy (non-hydrogen) atoms. The minimum atomic E-state index is -0.731. The van der Waals surface area contributed by atoms with Crippen molar-refractivity contribution < 1.29 is 9.90 Å². The van der Waals surface area contributed by atoms with Crippen molar-refractivity contribution in [2.24, 2.45) is 5.92 Å². The Balaban J connectivity index is 2.10. The minimum Gasteiger partial charge on any atom is -0.481 e. The van der Waals surface area contributed by atoms with E-state index in [1.807, 2.05) is 6.92 Å². The van der Waals surface area contributed by atoms with E-state index in [9.17, 15) is 4.79 Å². The molecular weight excluding hydrogens is 192 g/mol. The second-order valence-electron chi connectivity index (χ2n) is 4.58. The molecule has 0 aromatic carbocycles. The molecule has 0 radical (unpaired) electrons.